The van der Waals surface area contributed by atoms with Gasteiger partial charge in [-0.15, -0.1) is 0 Å². The molecule has 0 radical (unpaired) electrons. The minimum atomic E-state index is -3.18. The van der Waals surface area contributed by atoms with E-state index in [9.17, 15) is 4.57 Å². The van der Waals surface area contributed by atoms with Crippen molar-refractivity contribution in [1.82, 2.24) is 5.09 Å². The van der Waals surface area contributed by atoms with Gasteiger partial charge in [0.15, 0.2) is 0 Å². The Morgan fingerprint density at radius 3 is 2.68 bits per heavy atom. The lowest BCUT2D eigenvalue weighted by Gasteiger charge is -2.27. The summed E-state index contributed by atoms with van der Waals surface area (Å²) < 4.78 is 18.1. The molecule has 0 saturated carbocycles. The molecule has 4 nitrogen and oxygen atoms in total. The van der Waals surface area contributed by atoms with Crippen LogP contribution in [0.15, 0.2) is 48.5 Å². The average molecular weight is 295 g/mol. The van der Waals surface area contributed by atoms with Crippen LogP contribution < -0.4 is 14.7 Å². The second-order valence-corrected chi connectivity index (χ2v) is 6.41. The number of hydrogen-bond donors (Lipinski definition) is 2. The first-order valence-corrected chi connectivity index (χ1v) is 7.82. The van der Waals surface area contributed by atoms with E-state index in [1.165, 1.54) is 0 Å². The van der Waals surface area contributed by atoms with E-state index in [0.717, 1.165) is 11.3 Å². The molecule has 2 aromatic carbocycles. The lowest BCUT2D eigenvalue weighted by atomic mass is 10.2. The second-order valence-electron chi connectivity index (χ2n) is 4.18. The smallest absolute Gasteiger partial charge is 0.416 e. The van der Waals surface area contributed by atoms with Crippen molar-refractivity contribution in [2.45, 2.75) is 6.54 Å². The molecule has 1 aliphatic heterocycles. The summed E-state index contributed by atoms with van der Waals surface area (Å²) in [5, 5.41) is 6.23. The zero-order valence-electron chi connectivity index (χ0n) is 9.97. The van der Waals surface area contributed by atoms with Gasteiger partial charge in [-0.25, -0.2) is 9.65 Å². The minimum Gasteiger partial charge on any atom is -0.416 e. The molecule has 0 unspecified atom stereocenters. The zero-order chi connectivity index (χ0) is 13.3. The van der Waals surface area contributed by atoms with Gasteiger partial charge < -0.3 is 4.52 Å². The van der Waals surface area contributed by atoms with Crippen molar-refractivity contribution in [3.05, 3.63) is 59.1 Å². The van der Waals surface area contributed by atoms with Crippen LogP contribution in [0.3, 0.4) is 0 Å². The van der Waals surface area contributed by atoms with Crippen LogP contribution in [0.5, 0.6) is 5.75 Å². The van der Waals surface area contributed by atoms with Gasteiger partial charge in [0.05, 0.1) is 5.02 Å². The van der Waals surface area contributed by atoms with Crippen LogP contribution in [0.25, 0.3) is 0 Å². The Morgan fingerprint density at radius 2 is 1.84 bits per heavy atom. The summed E-state index contributed by atoms with van der Waals surface area (Å²) in [5.41, 5.74) is 1.87. The number of fused-ring (bicyclic) bond motifs is 1. The summed E-state index contributed by atoms with van der Waals surface area (Å²) in [7, 11) is -3.18. The Morgan fingerprint density at radius 1 is 1.11 bits per heavy atom. The van der Waals surface area contributed by atoms with E-state index < -0.39 is 7.67 Å². The van der Waals surface area contributed by atoms with E-state index in [2.05, 4.69) is 10.2 Å². The highest BCUT2D eigenvalue weighted by Crippen LogP contribution is 2.48. The first-order chi connectivity index (χ1) is 9.16. The molecule has 19 heavy (non-hydrogen) atoms. The largest absolute Gasteiger partial charge is 0.417 e. The van der Waals surface area contributed by atoms with Crippen molar-refractivity contribution >= 4 is 25.0 Å². The van der Waals surface area contributed by atoms with E-state index in [1.807, 2.05) is 24.3 Å². The zero-order valence-corrected chi connectivity index (χ0v) is 11.6. The molecule has 0 bridgehead atoms. The van der Waals surface area contributed by atoms with Crippen molar-refractivity contribution in [3.8, 4) is 5.75 Å². The van der Waals surface area contributed by atoms with Crippen LogP contribution in [0.1, 0.15) is 5.56 Å². The standard InChI is InChI=1S/C13H12ClN2O2P/c14-11-6-2-4-8-13(11)18-19(17)15-9-10-5-1-3-7-12(10)16-19/h1-8H,9H2,(H2,15,16,17)/t19-/m0/s1. The van der Waals surface area contributed by atoms with Crippen molar-refractivity contribution < 1.29 is 9.09 Å². The van der Waals surface area contributed by atoms with E-state index in [0.29, 0.717) is 17.3 Å². The van der Waals surface area contributed by atoms with Gasteiger partial charge in [-0.1, -0.05) is 41.9 Å². The number of benzene rings is 2. The predicted octanol–water partition coefficient (Wildman–Crippen LogP) is 4.04. The monoisotopic (exact) mass is 294 g/mol. The van der Waals surface area contributed by atoms with Gasteiger partial charge in [-0.2, -0.15) is 0 Å². The fourth-order valence-electron chi connectivity index (χ4n) is 1.88. The summed E-state index contributed by atoms with van der Waals surface area (Å²) in [6, 6.07) is 14.6. The number of rotatable bonds is 2. The third-order valence-electron chi connectivity index (χ3n) is 2.83. The molecule has 3 rings (SSSR count). The molecule has 1 atom stereocenters. The molecule has 98 valence electrons. The van der Waals surface area contributed by atoms with Crippen molar-refractivity contribution in [2.75, 3.05) is 5.09 Å². The maximum absolute atomic E-state index is 12.6. The van der Waals surface area contributed by atoms with Gasteiger partial charge in [0.25, 0.3) is 0 Å². The van der Waals surface area contributed by atoms with Gasteiger partial charge in [0.2, 0.25) is 0 Å². The van der Waals surface area contributed by atoms with Gasteiger partial charge in [0, 0.05) is 12.2 Å². The van der Waals surface area contributed by atoms with Crippen LogP contribution >= 0.6 is 19.3 Å². The van der Waals surface area contributed by atoms with Crippen LogP contribution in [-0.4, -0.2) is 0 Å². The maximum Gasteiger partial charge on any atom is 0.417 e. The van der Waals surface area contributed by atoms with Gasteiger partial charge in [-0.3, -0.25) is 5.09 Å². The molecular formula is C13H12ClN2O2P. The summed E-state index contributed by atoms with van der Waals surface area (Å²) in [4.78, 5) is 0. The van der Waals surface area contributed by atoms with E-state index >= 15 is 0 Å². The molecule has 0 aromatic heterocycles. The van der Waals surface area contributed by atoms with E-state index in [4.69, 9.17) is 16.1 Å². The predicted molar refractivity (Wildman–Crippen MR) is 76.6 cm³/mol. The Balaban J connectivity index is 1.87. The molecule has 0 fully saturated rings. The molecule has 2 N–H and O–H groups in total. The van der Waals surface area contributed by atoms with E-state index in [-0.39, 0.29) is 0 Å². The highest BCUT2D eigenvalue weighted by Gasteiger charge is 2.30. The summed E-state index contributed by atoms with van der Waals surface area (Å²) >= 11 is 6.00. The third kappa shape index (κ3) is 2.61. The Kier molecular flexibility index (Phi) is 3.23. The fraction of sp³-hybridized carbons (Fsp3) is 0.0769. The van der Waals surface area contributed by atoms with Crippen LogP contribution in [0.2, 0.25) is 5.02 Å². The van der Waals surface area contributed by atoms with Gasteiger partial charge in [-0.05, 0) is 23.8 Å². The van der Waals surface area contributed by atoms with Crippen molar-refractivity contribution in [1.29, 1.82) is 0 Å². The SMILES string of the molecule is O=[P@]1(Oc2ccccc2Cl)NCc2ccccc2N1. The Bertz CT molecular complexity index is 663. The summed E-state index contributed by atoms with van der Waals surface area (Å²) in [6.45, 7) is 0.491. The second kappa shape index (κ2) is 4.89. The highest BCUT2D eigenvalue weighted by molar-refractivity contribution is 7.59. The lowest BCUT2D eigenvalue weighted by molar-refractivity contribution is 0.470. The molecule has 6 heteroatoms. The summed E-state index contributed by atoms with van der Waals surface area (Å²) in [5.74, 6) is 0.395. The molecule has 1 aliphatic rings. The van der Waals surface area contributed by atoms with Crippen LogP contribution in [-0.2, 0) is 11.1 Å². The number of halogens is 1. The lowest BCUT2D eigenvalue weighted by Crippen LogP contribution is -2.25. The topological polar surface area (TPSA) is 50.4 Å². The fourth-order valence-corrected chi connectivity index (χ4v) is 3.65. The molecule has 0 aliphatic carbocycles. The molecule has 2 aromatic rings. The summed E-state index contributed by atoms with van der Waals surface area (Å²) in [6.07, 6.45) is 0. The number of hydrogen-bond acceptors (Lipinski definition) is 2. The molecule has 1 heterocycles. The molecule has 0 amide bonds. The van der Waals surface area contributed by atoms with Gasteiger partial charge in [0.1, 0.15) is 5.75 Å². The first-order valence-electron chi connectivity index (χ1n) is 5.82. The van der Waals surface area contributed by atoms with Crippen molar-refractivity contribution in [3.63, 3.8) is 0 Å². The number of nitrogens with one attached hydrogen (secondary N) is 2. The number of anilines is 1. The molecule has 0 saturated heterocycles. The van der Waals surface area contributed by atoms with E-state index in [1.54, 1.807) is 24.3 Å². The highest BCUT2D eigenvalue weighted by atomic mass is 35.5. The number of para-hydroxylation sites is 2. The normalized spacial score (nSPS) is 21.3. The van der Waals surface area contributed by atoms with Gasteiger partial charge >= 0.3 is 7.67 Å². The molecular weight excluding hydrogens is 283 g/mol. The Labute approximate surface area is 116 Å². The maximum atomic E-state index is 12.6. The quantitative estimate of drug-likeness (QED) is 0.821. The minimum absolute atomic E-state index is 0.395. The van der Waals surface area contributed by atoms with Crippen LogP contribution in [0.4, 0.5) is 5.69 Å². The van der Waals surface area contributed by atoms with Crippen LogP contribution in [0, 0.1) is 0 Å². The third-order valence-corrected chi connectivity index (χ3v) is 4.70. The molecule has 0 spiro atoms. The van der Waals surface area contributed by atoms with Crippen molar-refractivity contribution in [2.24, 2.45) is 0 Å². The first kappa shape index (κ1) is 12.5. The Hall–Kier alpha value is -1.48. The average Bonchev–Trinajstić information content (AvgIpc) is 2.41.